The standard InChI is InChI=1S/C8H10Cl2N4S/c9-6-7(12-8(10)14-13-6)11-4-5-2-1-3-15-5/h5H,1-4H2,(H,11,12,14). The van der Waals surface area contributed by atoms with Gasteiger partial charge in [0.25, 0.3) is 0 Å². The lowest BCUT2D eigenvalue weighted by Crippen LogP contribution is -2.15. The first-order valence-electron chi connectivity index (χ1n) is 4.67. The summed E-state index contributed by atoms with van der Waals surface area (Å²) >= 11 is 13.4. The van der Waals surface area contributed by atoms with Crippen LogP contribution in [0.15, 0.2) is 0 Å². The molecule has 2 heterocycles. The van der Waals surface area contributed by atoms with Crippen molar-refractivity contribution in [1.82, 2.24) is 15.2 Å². The smallest absolute Gasteiger partial charge is 0.245 e. The number of nitrogens with one attached hydrogen (secondary N) is 1. The van der Waals surface area contributed by atoms with Crippen molar-refractivity contribution < 1.29 is 0 Å². The van der Waals surface area contributed by atoms with E-state index in [-0.39, 0.29) is 10.4 Å². The van der Waals surface area contributed by atoms with Crippen molar-refractivity contribution in [3.63, 3.8) is 0 Å². The highest BCUT2D eigenvalue weighted by atomic mass is 35.5. The van der Waals surface area contributed by atoms with Gasteiger partial charge in [-0.25, -0.2) is 0 Å². The summed E-state index contributed by atoms with van der Waals surface area (Å²) in [4.78, 5) is 3.97. The zero-order valence-electron chi connectivity index (χ0n) is 7.91. The molecule has 1 aliphatic heterocycles. The van der Waals surface area contributed by atoms with Gasteiger partial charge in [0.1, 0.15) is 0 Å². The first-order valence-corrected chi connectivity index (χ1v) is 6.47. The summed E-state index contributed by atoms with van der Waals surface area (Å²) in [6, 6.07) is 0. The van der Waals surface area contributed by atoms with E-state index >= 15 is 0 Å². The van der Waals surface area contributed by atoms with E-state index < -0.39 is 0 Å². The third-order valence-electron chi connectivity index (χ3n) is 2.14. The monoisotopic (exact) mass is 264 g/mol. The van der Waals surface area contributed by atoms with Crippen molar-refractivity contribution in [2.24, 2.45) is 0 Å². The molecule has 82 valence electrons. The largest absolute Gasteiger partial charge is 0.366 e. The van der Waals surface area contributed by atoms with Crippen LogP contribution < -0.4 is 5.32 Å². The Morgan fingerprint density at radius 2 is 2.27 bits per heavy atom. The van der Waals surface area contributed by atoms with E-state index in [2.05, 4.69) is 20.5 Å². The molecule has 2 rings (SSSR count). The lowest BCUT2D eigenvalue weighted by molar-refractivity contribution is 0.801. The minimum Gasteiger partial charge on any atom is -0.366 e. The minimum absolute atomic E-state index is 0.112. The van der Waals surface area contributed by atoms with Gasteiger partial charge in [-0.15, -0.1) is 10.2 Å². The van der Waals surface area contributed by atoms with Crippen LogP contribution in [0.4, 0.5) is 5.82 Å². The molecular weight excluding hydrogens is 255 g/mol. The Kier molecular flexibility index (Phi) is 3.88. The molecule has 1 unspecified atom stereocenters. The first-order chi connectivity index (χ1) is 7.25. The number of nitrogens with zero attached hydrogens (tertiary/aromatic N) is 3. The van der Waals surface area contributed by atoms with Crippen molar-refractivity contribution in [1.29, 1.82) is 0 Å². The fraction of sp³-hybridized carbons (Fsp3) is 0.625. The number of halogens is 2. The van der Waals surface area contributed by atoms with Gasteiger partial charge >= 0.3 is 0 Å². The maximum absolute atomic E-state index is 5.82. The molecule has 1 N–H and O–H groups in total. The molecule has 1 aromatic rings. The van der Waals surface area contributed by atoms with Crippen molar-refractivity contribution >= 4 is 40.8 Å². The van der Waals surface area contributed by atoms with Gasteiger partial charge in [-0.05, 0) is 30.2 Å². The zero-order chi connectivity index (χ0) is 10.7. The van der Waals surface area contributed by atoms with Crippen molar-refractivity contribution in [3.05, 3.63) is 10.4 Å². The lowest BCUT2D eigenvalue weighted by Gasteiger charge is -2.10. The van der Waals surface area contributed by atoms with Crippen LogP contribution in [0.2, 0.25) is 10.4 Å². The average Bonchev–Trinajstić information content (AvgIpc) is 2.72. The van der Waals surface area contributed by atoms with Gasteiger partial charge in [0.05, 0.1) is 0 Å². The summed E-state index contributed by atoms with van der Waals surface area (Å²) in [5.74, 6) is 1.76. The molecule has 0 aromatic carbocycles. The second kappa shape index (κ2) is 5.18. The Labute approximate surface area is 102 Å². The third kappa shape index (κ3) is 3.09. The molecule has 1 fully saturated rings. The van der Waals surface area contributed by atoms with Crippen molar-refractivity contribution in [2.45, 2.75) is 18.1 Å². The topological polar surface area (TPSA) is 50.7 Å². The molecular formula is C8H10Cl2N4S. The summed E-state index contributed by atoms with van der Waals surface area (Å²) in [6.07, 6.45) is 2.52. The molecule has 15 heavy (non-hydrogen) atoms. The molecule has 1 atom stereocenters. The molecule has 0 spiro atoms. The highest BCUT2D eigenvalue weighted by Crippen LogP contribution is 2.26. The van der Waals surface area contributed by atoms with Gasteiger partial charge < -0.3 is 5.32 Å². The Morgan fingerprint density at radius 3 is 3.00 bits per heavy atom. The molecule has 1 aromatic heterocycles. The van der Waals surface area contributed by atoms with Gasteiger partial charge in [-0.3, -0.25) is 0 Å². The number of hydrogen-bond donors (Lipinski definition) is 1. The summed E-state index contributed by atoms with van der Waals surface area (Å²) in [6.45, 7) is 0.847. The Hall–Kier alpha value is -0.260. The average molecular weight is 265 g/mol. The van der Waals surface area contributed by atoms with E-state index in [0.29, 0.717) is 11.1 Å². The Balaban J connectivity index is 1.94. The molecule has 1 aliphatic rings. The predicted octanol–water partition coefficient (Wildman–Crippen LogP) is 2.49. The van der Waals surface area contributed by atoms with Gasteiger partial charge in [0.15, 0.2) is 11.0 Å². The molecule has 7 heteroatoms. The fourth-order valence-electron chi connectivity index (χ4n) is 1.42. The molecule has 0 saturated carbocycles. The predicted molar refractivity (Wildman–Crippen MR) is 63.8 cm³/mol. The number of anilines is 1. The number of rotatable bonds is 3. The van der Waals surface area contributed by atoms with Crippen LogP contribution in [-0.2, 0) is 0 Å². The van der Waals surface area contributed by atoms with Gasteiger partial charge in [0, 0.05) is 11.8 Å². The second-order valence-electron chi connectivity index (χ2n) is 3.24. The van der Waals surface area contributed by atoms with Crippen LogP contribution in [0.3, 0.4) is 0 Å². The minimum atomic E-state index is 0.112. The molecule has 0 aliphatic carbocycles. The quantitative estimate of drug-likeness (QED) is 0.909. The second-order valence-corrected chi connectivity index (χ2v) is 5.34. The Bertz CT molecular complexity index is 343. The van der Waals surface area contributed by atoms with Crippen LogP contribution in [-0.4, -0.2) is 32.7 Å². The highest BCUT2D eigenvalue weighted by molar-refractivity contribution is 8.00. The molecule has 0 bridgehead atoms. The van der Waals surface area contributed by atoms with Gasteiger partial charge in [0.2, 0.25) is 5.28 Å². The van der Waals surface area contributed by atoms with Crippen LogP contribution in [0.5, 0.6) is 0 Å². The van der Waals surface area contributed by atoms with Gasteiger partial charge in [-0.1, -0.05) is 11.6 Å². The van der Waals surface area contributed by atoms with E-state index in [4.69, 9.17) is 23.2 Å². The SMILES string of the molecule is Clc1nnc(Cl)c(NCC2CCCS2)n1. The first kappa shape index (κ1) is 11.2. The maximum atomic E-state index is 5.82. The zero-order valence-corrected chi connectivity index (χ0v) is 10.2. The van der Waals surface area contributed by atoms with E-state index in [1.165, 1.54) is 18.6 Å². The summed E-state index contributed by atoms with van der Waals surface area (Å²) in [5, 5.41) is 11.4. The highest BCUT2D eigenvalue weighted by Gasteiger charge is 2.16. The van der Waals surface area contributed by atoms with Crippen LogP contribution in [0.1, 0.15) is 12.8 Å². The van der Waals surface area contributed by atoms with Crippen LogP contribution in [0, 0.1) is 0 Å². The summed E-state index contributed by atoms with van der Waals surface area (Å²) in [5.41, 5.74) is 0. The van der Waals surface area contributed by atoms with E-state index in [0.717, 1.165) is 6.54 Å². The van der Waals surface area contributed by atoms with Crippen molar-refractivity contribution in [2.75, 3.05) is 17.6 Å². The van der Waals surface area contributed by atoms with Crippen LogP contribution in [0.25, 0.3) is 0 Å². The summed E-state index contributed by atoms with van der Waals surface area (Å²) < 4.78 is 0. The fourth-order valence-corrected chi connectivity index (χ4v) is 2.89. The van der Waals surface area contributed by atoms with E-state index in [9.17, 15) is 0 Å². The normalized spacial score (nSPS) is 20.5. The third-order valence-corrected chi connectivity index (χ3v) is 3.95. The molecule has 0 amide bonds. The van der Waals surface area contributed by atoms with Crippen molar-refractivity contribution in [3.8, 4) is 0 Å². The van der Waals surface area contributed by atoms with E-state index in [1.54, 1.807) is 0 Å². The maximum Gasteiger partial charge on any atom is 0.245 e. The summed E-state index contributed by atoms with van der Waals surface area (Å²) in [7, 11) is 0. The molecule has 1 saturated heterocycles. The van der Waals surface area contributed by atoms with Crippen LogP contribution >= 0.6 is 35.0 Å². The number of thioether (sulfide) groups is 1. The Morgan fingerprint density at radius 1 is 1.40 bits per heavy atom. The number of aromatic nitrogens is 3. The molecule has 0 radical (unpaired) electrons. The van der Waals surface area contributed by atoms with Gasteiger partial charge in [-0.2, -0.15) is 16.7 Å². The molecule has 4 nitrogen and oxygen atoms in total. The number of hydrogen-bond acceptors (Lipinski definition) is 5. The van der Waals surface area contributed by atoms with E-state index in [1.807, 2.05) is 11.8 Å². The lowest BCUT2D eigenvalue weighted by atomic mass is 10.2.